The molecule has 0 aliphatic heterocycles. The molecule has 11 nitrogen and oxygen atoms in total. The van der Waals surface area contributed by atoms with Gasteiger partial charge in [0.05, 0.1) is 6.04 Å². The Morgan fingerprint density at radius 3 is 1.53 bits per heavy atom. The monoisotopic (exact) mass is 488 g/mol. The Bertz CT molecular complexity index is 719. The lowest BCUT2D eigenvalue weighted by molar-refractivity contribution is -0.148. The molecule has 2 aliphatic carbocycles. The summed E-state index contributed by atoms with van der Waals surface area (Å²) in [6, 6.07) is -1.63. The standard InChI is InChI=1S/C12H21NO5.C11H19NO4/c1-12(2,3)18-11(17)13-8(6-7-4-5-7)9(14)10(15)16;1-11(2,3)16-10(15)12-8(9(13)14)6-7-4-5-7/h7-9,14H,4-6H2,1-3H3,(H,13,17)(H,15,16);7-8H,4-6H2,1-3H3,(H,12,15)(H,13,14). The van der Waals surface area contributed by atoms with E-state index in [0.29, 0.717) is 24.7 Å². The summed E-state index contributed by atoms with van der Waals surface area (Å²) in [4.78, 5) is 44.6. The minimum atomic E-state index is -1.60. The average Bonchev–Trinajstić information content (AvgIpc) is 3.53. The van der Waals surface area contributed by atoms with Gasteiger partial charge in [-0.3, -0.25) is 0 Å². The van der Waals surface area contributed by atoms with Crippen molar-refractivity contribution >= 4 is 24.1 Å². The van der Waals surface area contributed by atoms with Gasteiger partial charge in [0.25, 0.3) is 0 Å². The summed E-state index contributed by atoms with van der Waals surface area (Å²) in [6.07, 6.45) is 2.13. The Morgan fingerprint density at radius 1 is 0.765 bits per heavy atom. The SMILES string of the molecule is CC(C)(C)OC(=O)NC(CC1CC1)C(=O)O.CC(C)(C)OC(=O)NC(CC1CC1)C(O)C(=O)O. The van der Waals surface area contributed by atoms with Crippen molar-refractivity contribution in [3.05, 3.63) is 0 Å². The Labute approximate surface area is 200 Å². The molecule has 0 aromatic rings. The van der Waals surface area contributed by atoms with Gasteiger partial charge in [-0.15, -0.1) is 0 Å². The van der Waals surface area contributed by atoms with Crippen molar-refractivity contribution in [2.45, 2.75) is 109 Å². The van der Waals surface area contributed by atoms with Crippen LogP contribution < -0.4 is 10.6 Å². The van der Waals surface area contributed by atoms with Crippen LogP contribution in [-0.2, 0) is 19.1 Å². The molecule has 0 spiro atoms. The van der Waals surface area contributed by atoms with Crippen LogP contribution in [0.1, 0.15) is 80.1 Å². The van der Waals surface area contributed by atoms with Crippen LogP contribution in [0.4, 0.5) is 9.59 Å². The van der Waals surface area contributed by atoms with E-state index in [-0.39, 0.29) is 0 Å². The quantitative estimate of drug-likeness (QED) is 0.327. The van der Waals surface area contributed by atoms with Crippen molar-refractivity contribution in [2.75, 3.05) is 0 Å². The molecule has 0 aromatic heterocycles. The summed E-state index contributed by atoms with van der Waals surface area (Å²) in [5.41, 5.74) is -1.25. The molecule has 2 saturated carbocycles. The van der Waals surface area contributed by atoms with E-state index < -0.39 is 53.5 Å². The maximum Gasteiger partial charge on any atom is 0.408 e. The fraction of sp³-hybridized carbons (Fsp3) is 0.826. The lowest BCUT2D eigenvalue weighted by Crippen LogP contribution is -2.48. The summed E-state index contributed by atoms with van der Waals surface area (Å²) in [5, 5.41) is 32.1. The number of carbonyl (C=O) groups is 4. The molecule has 0 radical (unpaired) electrons. The van der Waals surface area contributed by atoms with Crippen molar-refractivity contribution in [3.63, 3.8) is 0 Å². The zero-order chi connectivity index (χ0) is 26.3. The largest absolute Gasteiger partial charge is 0.480 e. The van der Waals surface area contributed by atoms with E-state index in [2.05, 4.69) is 10.6 Å². The first-order valence-corrected chi connectivity index (χ1v) is 11.6. The number of aliphatic hydroxyl groups is 1. The molecule has 0 saturated heterocycles. The molecule has 196 valence electrons. The number of hydrogen-bond donors (Lipinski definition) is 5. The second-order valence-corrected chi connectivity index (χ2v) is 10.9. The van der Waals surface area contributed by atoms with E-state index in [1.165, 1.54) is 0 Å². The average molecular weight is 489 g/mol. The first-order valence-electron chi connectivity index (χ1n) is 11.6. The second kappa shape index (κ2) is 12.2. The molecule has 11 heteroatoms. The number of carboxylic acids is 2. The van der Waals surface area contributed by atoms with Gasteiger partial charge >= 0.3 is 24.1 Å². The van der Waals surface area contributed by atoms with Gasteiger partial charge in [0.1, 0.15) is 17.2 Å². The molecule has 2 amide bonds. The summed E-state index contributed by atoms with van der Waals surface area (Å²) in [7, 11) is 0. The van der Waals surface area contributed by atoms with Crippen LogP contribution in [-0.4, -0.2) is 68.8 Å². The topological polar surface area (TPSA) is 171 Å². The highest BCUT2D eigenvalue weighted by atomic mass is 16.6. The smallest absolute Gasteiger partial charge is 0.408 e. The fourth-order valence-corrected chi connectivity index (χ4v) is 2.97. The van der Waals surface area contributed by atoms with E-state index in [1.54, 1.807) is 41.5 Å². The number of hydrogen-bond acceptors (Lipinski definition) is 7. The molecule has 2 aliphatic rings. The van der Waals surface area contributed by atoms with Crippen LogP contribution in [0.25, 0.3) is 0 Å². The molecule has 34 heavy (non-hydrogen) atoms. The minimum Gasteiger partial charge on any atom is -0.480 e. The van der Waals surface area contributed by atoms with Crippen molar-refractivity contribution in [1.82, 2.24) is 10.6 Å². The maximum atomic E-state index is 11.6. The minimum absolute atomic E-state index is 0.388. The van der Waals surface area contributed by atoms with Crippen LogP contribution in [0, 0.1) is 11.8 Å². The Kier molecular flexibility index (Phi) is 10.6. The highest BCUT2D eigenvalue weighted by Gasteiger charge is 2.34. The van der Waals surface area contributed by atoms with Crippen LogP contribution in [0.15, 0.2) is 0 Å². The predicted octanol–water partition coefficient (Wildman–Crippen LogP) is 2.89. The summed E-state index contributed by atoms with van der Waals surface area (Å²) < 4.78 is 10.1. The van der Waals surface area contributed by atoms with E-state index in [1.807, 2.05) is 0 Å². The van der Waals surface area contributed by atoms with E-state index >= 15 is 0 Å². The number of carbonyl (C=O) groups excluding carboxylic acids is 2. The normalized spacial score (nSPS) is 18.3. The molecule has 0 bridgehead atoms. The van der Waals surface area contributed by atoms with Gasteiger partial charge in [-0.1, -0.05) is 25.7 Å². The number of aliphatic carboxylic acids is 2. The molecule has 5 N–H and O–H groups in total. The van der Waals surface area contributed by atoms with Gasteiger partial charge < -0.3 is 35.4 Å². The molecule has 0 heterocycles. The number of rotatable bonds is 9. The van der Waals surface area contributed by atoms with Crippen molar-refractivity contribution in [2.24, 2.45) is 11.8 Å². The summed E-state index contributed by atoms with van der Waals surface area (Å²) >= 11 is 0. The zero-order valence-electron chi connectivity index (χ0n) is 20.9. The molecule has 2 rings (SSSR count). The van der Waals surface area contributed by atoms with Crippen LogP contribution in [0.5, 0.6) is 0 Å². The van der Waals surface area contributed by atoms with Gasteiger partial charge in [-0.25, -0.2) is 19.2 Å². The lowest BCUT2D eigenvalue weighted by Gasteiger charge is -2.25. The Hall–Kier alpha value is -2.56. The molecule has 0 aromatic carbocycles. The number of ether oxygens (including phenoxy) is 2. The third-order valence-corrected chi connectivity index (χ3v) is 4.88. The van der Waals surface area contributed by atoms with Gasteiger partial charge in [-0.05, 0) is 66.2 Å². The van der Waals surface area contributed by atoms with E-state index in [4.69, 9.17) is 19.7 Å². The summed E-state index contributed by atoms with van der Waals surface area (Å²) in [6.45, 7) is 10.4. The van der Waals surface area contributed by atoms with Crippen LogP contribution in [0.2, 0.25) is 0 Å². The first kappa shape index (κ1) is 29.5. The molecular weight excluding hydrogens is 448 g/mol. The van der Waals surface area contributed by atoms with E-state index in [9.17, 15) is 24.3 Å². The molecule has 3 unspecified atom stereocenters. The molecule has 2 fully saturated rings. The molecule has 3 atom stereocenters. The van der Waals surface area contributed by atoms with Crippen molar-refractivity contribution in [3.8, 4) is 0 Å². The number of aliphatic hydroxyl groups excluding tert-OH is 1. The van der Waals surface area contributed by atoms with Crippen molar-refractivity contribution in [1.29, 1.82) is 0 Å². The third kappa shape index (κ3) is 13.9. The zero-order valence-corrected chi connectivity index (χ0v) is 20.9. The van der Waals surface area contributed by atoms with Gasteiger partial charge in [0, 0.05) is 0 Å². The second-order valence-electron chi connectivity index (χ2n) is 10.9. The lowest BCUT2D eigenvalue weighted by atomic mass is 10.0. The maximum absolute atomic E-state index is 11.6. The number of carboxylic acid groups (broad SMARTS) is 2. The Morgan fingerprint density at radius 2 is 1.18 bits per heavy atom. The highest BCUT2D eigenvalue weighted by molar-refractivity contribution is 5.80. The predicted molar refractivity (Wildman–Crippen MR) is 122 cm³/mol. The number of nitrogens with one attached hydrogen (secondary N) is 2. The Balaban J connectivity index is 0.000000342. The number of amides is 2. The first-order chi connectivity index (χ1) is 15.5. The highest BCUT2D eigenvalue weighted by Crippen LogP contribution is 2.34. The summed E-state index contributed by atoms with van der Waals surface area (Å²) in [5.74, 6) is -1.51. The van der Waals surface area contributed by atoms with Gasteiger partial charge in [-0.2, -0.15) is 0 Å². The van der Waals surface area contributed by atoms with E-state index in [0.717, 1.165) is 25.7 Å². The van der Waals surface area contributed by atoms with Crippen LogP contribution in [0.3, 0.4) is 0 Å². The van der Waals surface area contributed by atoms with Crippen molar-refractivity contribution < 1.29 is 44.0 Å². The van der Waals surface area contributed by atoms with Gasteiger partial charge in [0.2, 0.25) is 0 Å². The third-order valence-electron chi connectivity index (χ3n) is 4.88. The fourth-order valence-electron chi connectivity index (χ4n) is 2.97. The van der Waals surface area contributed by atoms with Crippen LogP contribution >= 0.6 is 0 Å². The van der Waals surface area contributed by atoms with Gasteiger partial charge in [0.15, 0.2) is 6.10 Å². The molecular formula is C23H40N2O9. The number of alkyl carbamates (subject to hydrolysis) is 2.